The summed E-state index contributed by atoms with van der Waals surface area (Å²) in [5, 5.41) is 2.33. The van der Waals surface area contributed by atoms with Gasteiger partial charge in [-0.3, -0.25) is 4.79 Å². The Morgan fingerprint density at radius 2 is 1.68 bits per heavy atom. The molecular weight excluding hydrogens is 234 g/mol. The van der Waals surface area contributed by atoms with Gasteiger partial charge in [0.15, 0.2) is 13.8 Å². The maximum absolute atomic E-state index is 11.8. The zero-order valence-corrected chi connectivity index (χ0v) is 12.9. The highest BCUT2D eigenvalue weighted by atomic mass is 16.2. The van der Waals surface area contributed by atoms with E-state index in [1.165, 1.54) is 20.3 Å². The number of carbonyl (C=O) groups excluding carboxylic acids is 1. The van der Waals surface area contributed by atoms with Crippen LogP contribution >= 0.6 is 0 Å². The number of amides is 1. The molecule has 1 saturated heterocycles. The molecule has 0 spiro atoms. The number of carbonyl (C=O) groups is 1. The van der Waals surface area contributed by atoms with E-state index in [0.717, 1.165) is 37.8 Å². The van der Waals surface area contributed by atoms with Crippen molar-refractivity contribution < 1.29 is 4.79 Å². The second-order valence-corrected chi connectivity index (χ2v) is 6.83. The molecule has 5 heteroatoms. The van der Waals surface area contributed by atoms with E-state index in [-0.39, 0.29) is 5.81 Å². The highest BCUT2D eigenvalue weighted by Gasteiger charge is 2.36. The van der Waals surface area contributed by atoms with Gasteiger partial charge in [0.1, 0.15) is 0 Å². The topological polar surface area (TPSA) is 32.3 Å². The quantitative estimate of drug-likeness (QED) is 0.745. The van der Waals surface area contributed by atoms with Gasteiger partial charge in [0.25, 0.3) is 0 Å². The van der Waals surface area contributed by atoms with Crippen molar-refractivity contribution in [3.05, 3.63) is 0 Å². The smallest absolute Gasteiger partial charge is 0.313 e. The molecule has 3 nitrogen and oxygen atoms in total. The number of piperidine rings is 1. The molecule has 0 aliphatic carbocycles. The van der Waals surface area contributed by atoms with Gasteiger partial charge in [-0.25, -0.2) is 0 Å². The average Bonchev–Trinajstić information content (AvgIpc) is 2.27. The first-order chi connectivity index (χ1) is 8.88. The van der Waals surface area contributed by atoms with Crippen LogP contribution in [0, 0.1) is 17.3 Å². The van der Waals surface area contributed by atoms with E-state index in [0.29, 0.717) is 5.41 Å². The van der Waals surface area contributed by atoms with Gasteiger partial charge in [0.05, 0.1) is 0 Å². The molecule has 1 rings (SSSR count). The first kappa shape index (κ1) is 16.6. The lowest BCUT2D eigenvalue weighted by molar-refractivity contribution is 0.0829. The summed E-state index contributed by atoms with van der Waals surface area (Å²) in [4.78, 5) is 13.7. The Balaban J connectivity index is 2.60. The highest BCUT2D eigenvalue weighted by Crippen LogP contribution is 2.42. The summed E-state index contributed by atoms with van der Waals surface area (Å²) in [6, 6.07) is 0. The fourth-order valence-corrected chi connectivity index (χ4v) is 3.59. The molecular formula is C14H27B2N2O. The summed E-state index contributed by atoms with van der Waals surface area (Å²) in [6.07, 6.45) is 4.78. The van der Waals surface area contributed by atoms with Crippen molar-refractivity contribution >= 4 is 21.2 Å². The molecule has 0 atom stereocenters. The van der Waals surface area contributed by atoms with Gasteiger partial charge in [-0.15, -0.1) is 0 Å². The Bertz CT molecular complexity index is 275. The van der Waals surface area contributed by atoms with Crippen LogP contribution < -0.4 is 5.14 Å². The van der Waals surface area contributed by atoms with E-state index in [1.54, 1.807) is 0 Å². The van der Waals surface area contributed by atoms with Gasteiger partial charge in [0, 0.05) is 13.1 Å². The van der Waals surface area contributed by atoms with E-state index in [4.69, 9.17) is 7.98 Å². The SMILES string of the molecule is [B]N[B]C(=O)N1CCC(CC(C)C)(CC(C)C)CC1. The fourth-order valence-electron chi connectivity index (χ4n) is 3.59. The van der Waals surface area contributed by atoms with E-state index >= 15 is 0 Å². The lowest BCUT2D eigenvalue weighted by atomic mass is 9.68. The predicted molar refractivity (Wildman–Crippen MR) is 82.2 cm³/mol. The van der Waals surface area contributed by atoms with Crippen molar-refractivity contribution in [1.82, 2.24) is 10.0 Å². The lowest BCUT2D eigenvalue weighted by Crippen LogP contribution is -2.47. The van der Waals surface area contributed by atoms with Crippen LogP contribution in [0.1, 0.15) is 53.4 Å². The summed E-state index contributed by atoms with van der Waals surface area (Å²) < 4.78 is 0. The monoisotopic (exact) mass is 261 g/mol. The summed E-state index contributed by atoms with van der Waals surface area (Å²) in [6.45, 7) is 10.9. The van der Waals surface area contributed by atoms with Crippen LogP contribution in [0.4, 0.5) is 4.79 Å². The molecule has 1 amide bonds. The minimum Gasteiger partial charge on any atom is -0.404 e. The zero-order valence-electron chi connectivity index (χ0n) is 12.9. The Labute approximate surface area is 120 Å². The fraction of sp³-hybridized carbons (Fsp3) is 0.929. The second-order valence-electron chi connectivity index (χ2n) is 6.83. The molecule has 0 aromatic rings. The van der Waals surface area contributed by atoms with Crippen LogP contribution in [0.15, 0.2) is 0 Å². The van der Waals surface area contributed by atoms with Crippen molar-refractivity contribution in [3.8, 4) is 0 Å². The zero-order chi connectivity index (χ0) is 14.5. The van der Waals surface area contributed by atoms with Gasteiger partial charge in [0.2, 0.25) is 0 Å². The number of rotatable bonds is 6. The van der Waals surface area contributed by atoms with E-state index < -0.39 is 0 Å². The summed E-state index contributed by atoms with van der Waals surface area (Å²) in [5.74, 6) is 1.45. The van der Waals surface area contributed by atoms with E-state index in [2.05, 4.69) is 32.8 Å². The van der Waals surface area contributed by atoms with Crippen molar-refractivity contribution in [2.24, 2.45) is 17.3 Å². The predicted octanol–water partition coefficient (Wildman–Crippen LogP) is 2.57. The molecule has 0 saturated carbocycles. The van der Waals surface area contributed by atoms with Crippen LogP contribution in [0.2, 0.25) is 0 Å². The van der Waals surface area contributed by atoms with Gasteiger partial charge < -0.3 is 10.0 Å². The summed E-state index contributed by atoms with van der Waals surface area (Å²) in [7, 11) is 6.51. The van der Waals surface area contributed by atoms with Gasteiger partial charge in [-0.2, -0.15) is 0 Å². The first-order valence-corrected chi connectivity index (χ1v) is 7.47. The number of likely N-dealkylation sites (tertiary alicyclic amines) is 1. The van der Waals surface area contributed by atoms with E-state index in [1.807, 2.05) is 4.90 Å². The maximum atomic E-state index is 11.8. The van der Waals surface area contributed by atoms with Crippen molar-refractivity contribution in [1.29, 1.82) is 0 Å². The van der Waals surface area contributed by atoms with Crippen LogP contribution in [-0.4, -0.2) is 39.2 Å². The third-order valence-electron chi connectivity index (χ3n) is 4.03. The number of hydrogen-bond acceptors (Lipinski definition) is 2. The third kappa shape index (κ3) is 5.21. The van der Waals surface area contributed by atoms with Crippen LogP contribution in [0.3, 0.4) is 0 Å². The van der Waals surface area contributed by atoms with Crippen LogP contribution in [0.5, 0.6) is 0 Å². The molecule has 1 aliphatic heterocycles. The Morgan fingerprint density at radius 1 is 1.21 bits per heavy atom. The molecule has 0 bridgehead atoms. The number of hydrogen-bond donors (Lipinski definition) is 1. The molecule has 3 radical (unpaired) electrons. The van der Waals surface area contributed by atoms with Crippen molar-refractivity contribution in [3.63, 3.8) is 0 Å². The molecule has 1 heterocycles. The summed E-state index contributed by atoms with van der Waals surface area (Å²) >= 11 is 0. The minimum absolute atomic E-state index is 0.00481. The second kappa shape index (κ2) is 7.37. The largest absolute Gasteiger partial charge is 0.404 e. The molecule has 19 heavy (non-hydrogen) atoms. The van der Waals surface area contributed by atoms with Crippen LogP contribution in [0.25, 0.3) is 0 Å². The third-order valence-corrected chi connectivity index (χ3v) is 4.03. The molecule has 0 aromatic heterocycles. The lowest BCUT2D eigenvalue weighted by Gasteiger charge is -2.44. The summed E-state index contributed by atoms with van der Waals surface area (Å²) in [5.41, 5.74) is 0.426. The maximum Gasteiger partial charge on any atom is 0.313 e. The normalized spacial score (nSPS) is 18.9. The van der Waals surface area contributed by atoms with Crippen molar-refractivity contribution in [2.45, 2.75) is 53.4 Å². The van der Waals surface area contributed by atoms with Gasteiger partial charge in [-0.1, -0.05) is 27.7 Å². The molecule has 1 fully saturated rings. The van der Waals surface area contributed by atoms with E-state index in [9.17, 15) is 4.79 Å². The minimum atomic E-state index is 0.00481. The molecule has 1 aliphatic rings. The van der Waals surface area contributed by atoms with Gasteiger partial charge >= 0.3 is 7.41 Å². The molecule has 1 N–H and O–H groups in total. The molecule has 0 unspecified atom stereocenters. The number of nitrogens with one attached hydrogen (secondary N) is 1. The number of nitrogens with zero attached hydrogens (tertiary/aromatic N) is 1. The Hall–Kier alpha value is -0.440. The molecule has 105 valence electrons. The Morgan fingerprint density at radius 3 is 2.05 bits per heavy atom. The highest BCUT2D eigenvalue weighted by molar-refractivity contribution is 6.74. The Kier molecular flexibility index (Phi) is 6.45. The first-order valence-electron chi connectivity index (χ1n) is 7.47. The van der Waals surface area contributed by atoms with Crippen LogP contribution in [-0.2, 0) is 0 Å². The average molecular weight is 261 g/mol. The van der Waals surface area contributed by atoms with Gasteiger partial charge in [-0.05, 0) is 42.9 Å². The van der Waals surface area contributed by atoms with Crippen molar-refractivity contribution in [2.75, 3.05) is 13.1 Å². The standard InChI is InChI=1S/C14H27B2N2O/c1-11(2)9-14(10-12(3)4)5-7-18(8-6-14)13(19)16-17-15/h11-12,17H,5-10H2,1-4H3. The molecule has 0 aromatic carbocycles.